The summed E-state index contributed by atoms with van der Waals surface area (Å²) in [5.74, 6) is 1.48. The lowest BCUT2D eigenvalue weighted by atomic mass is 10.2. The first-order chi connectivity index (χ1) is 25.9. The van der Waals surface area contributed by atoms with Gasteiger partial charge in [-0.3, -0.25) is 9.36 Å². The molecule has 0 amide bonds. The molecule has 8 rings (SSSR count). The second-order valence-electron chi connectivity index (χ2n) is 11.1. The molecule has 0 spiro atoms. The molecule has 8 aromatic rings. The fraction of sp³-hybridized carbons (Fsp3) is 0.114. The minimum Gasteiger partial charge on any atom is -0.490 e. The summed E-state index contributed by atoms with van der Waals surface area (Å²) in [7, 11) is 0. The van der Waals surface area contributed by atoms with E-state index in [1.54, 1.807) is 35.2 Å². The molecular weight excluding hydrogens is 722 g/mol. The summed E-state index contributed by atoms with van der Waals surface area (Å²) in [6.45, 7) is 1.13. The summed E-state index contributed by atoms with van der Waals surface area (Å²) in [6.07, 6.45) is 4.22. The number of halogens is 1. The van der Waals surface area contributed by atoms with Gasteiger partial charge in [0.05, 0.1) is 41.5 Å². The molecule has 5 heterocycles. The number of nitrogens with two attached hydrogens (primary N) is 1. The standard InChI is InChI=1S/C29H23ClN6O3S.C6H5N5O2/c30-20-9-4-5-11-22(20)36-24(16-40-28-26-27(32-17-31-26)33-18-34-28)35-21-10-6-12-23(25(21)29(36)37)39-14-13-38-15-19-7-2-1-3-8-19;7-4-3-5(9-1-8-4)11(2-10-3)6(12)13/h1-12,17-18H,13-16H2,(H,31,32,33,34);1-2H,(H,12,13)(H2,7,8,9). The van der Waals surface area contributed by atoms with E-state index in [0.29, 0.717) is 68.3 Å². The number of nitrogens with zero attached hydrogens (tertiary/aromatic N) is 9. The number of H-pyrrole nitrogens is 1. The molecule has 0 unspecified atom stereocenters. The molecule has 5 aromatic heterocycles. The number of hydrogen-bond acceptors (Lipinski definition) is 13. The van der Waals surface area contributed by atoms with Gasteiger partial charge >= 0.3 is 6.09 Å². The van der Waals surface area contributed by atoms with Gasteiger partial charge in [0.2, 0.25) is 0 Å². The van der Waals surface area contributed by atoms with E-state index in [9.17, 15) is 9.59 Å². The summed E-state index contributed by atoms with van der Waals surface area (Å²) in [5, 5.41) is 10.2. The number of carboxylic acid groups (broad SMARTS) is 1. The highest BCUT2D eigenvalue weighted by Gasteiger charge is 2.19. The van der Waals surface area contributed by atoms with Crippen molar-refractivity contribution in [3.8, 4) is 11.4 Å². The molecule has 4 N–H and O–H groups in total. The molecule has 16 nitrogen and oxygen atoms in total. The van der Waals surface area contributed by atoms with Gasteiger partial charge in [0, 0.05) is 0 Å². The van der Waals surface area contributed by atoms with Crippen LogP contribution in [0, 0.1) is 0 Å². The molecule has 0 fully saturated rings. The van der Waals surface area contributed by atoms with Gasteiger partial charge in [-0.05, 0) is 29.8 Å². The zero-order valence-corrected chi connectivity index (χ0v) is 29.1. The molecule has 0 saturated heterocycles. The lowest BCUT2D eigenvalue weighted by Gasteiger charge is -2.16. The maximum Gasteiger partial charge on any atom is 0.418 e. The number of thioether (sulfide) groups is 1. The number of anilines is 1. The normalized spacial score (nSPS) is 11.1. The van der Waals surface area contributed by atoms with Crippen molar-refractivity contribution < 1.29 is 19.4 Å². The smallest absolute Gasteiger partial charge is 0.418 e. The molecule has 0 aliphatic heterocycles. The Morgan fingerprint density at radius 1 is 0.925 bits per heavy atom. The van der Waals surface area contributed by atoms with Gasteiger partial charge in [-0.1, -0.05) is 71.9 Å². The summed E-state index contributed by atoms with van der Waals surface area (Å²) in [6, 6.07) is 22.5. The number of aromatic nitrogens is 10. The zero-order chi connectivity index (χ0) is 36.7. The predicted molar refractivity (Wildman–Crippen MR) is 198 cm³/mol. The van der Waals surface area contributed by atoms with Gasteiger partial charge < -0.3 is 25.3 Å². The number of hydrogen-bond donors (Lipinski definition) is 3. The number of nitrogens with one attached hydrogen (secondary N) is 1. The fourth-order valence-electron chi connectivity index (χ4n) is 5.30. The van der Waals surface area contributed by atoms with E-state index >= 15 is 0 Å². The topological polar surface area (TPSA) is 215 Å². The van der Waals surface area contributed by atoms with Crippen LogP contribution in [0.5, 0.6) is 5.75 Å². The van der Waals surface area contributed by atoms with E-state index in [1.165, 1.54) is 24.4 Å². The van der Waals surface area contributed by atoms with Crippen molar-refractivity contribution in [1.82, 2.24) is 49.0 Å². The van der Waals surface area contributed by atoms with Gasteiger partial charge in [0.15, 0.2) is 22.6 Å². The number of nitrogen functional groups attached to an aromatic ring is 1. The van der Waals surface area contributed by atoms with Crippen molar-refractivity contribution >= 4 is 68.5 Å². The lowest BCUT2D eigenvalue weighted by molar-refractivity contribution is 0.0893. The van der Waals surface area contributed by atoms with Gasteiger partial charge in [0.1, 0.15) is 53.1 Å². The summed E-state index contributed by atoms with van der Waals surface area (Å²) >= 11 is 7.99. The number of carbonyl (C=O) groups is 1. The summed E-state index contributed by atoms with van der Waals surface area (Å²) < 4.78 is 14.2. The van der Waals surface area contributed by atoms with Crippen LogP contribution in [-0.4, -0.2) is 73.4 Å². The Morgan fingerprint density at radius 2 is 1.74 bits per heavy atom. The highest BCUT2D eigenvalue weighted by atomic mass is 35.5. The Bertz CT molecular complexity index is 2620. The number of para-hydroxylation sites is 1. The summed E-state index contributed by atoms with van der Waals surface area (Å²) in [4.78, 5) is 56.6. The van der Waals surface area contributed by atoms with E-state index < -0.39 is 6.09 Å². The van der Waals surface area contributed by atoms with Crippen molar-refractivity contribution in [2.45, 2.75) is 17.4 Å². The van der Waals surface area contributed by atoms with Gasteiger partial charge in [-0.15, -0.1) is 0 Å². The lowest BCUT2D eigenvalue weighted by Crippen LogP contribution is -2.24. The Kier molecular flexibility index (Phi) is 10.5. The Hall–Kier alpha value is -6.43. The van der Waals surface area contributed by atoms with Crippen molar-refractivity contribution in [2.75, 3.05) is 18.9 Å². The third-order valence-electron chi connectivity index (χ3n) is 7.71. The summed E-state index contributed by atoms with van der Waals surface area (Å²) in [5.41, 5.74) is 9.11. The number of ether oxygens (including phenoxy) is 2. The van der Waals surface area contributed by atoms with Crippen LogP contribution in [0.25, 0.3) is 38.9 Å². The SMILES string of the molecule is Nc1ncnc2c1ncn2C(=O)O.O=c1c2c(OCCOCc3ccccc3)cccc2nc(CSc2ncnc3nc[nH]c23)n1-c1ccccc1Cl. The minimum absolute atomic E-state index is 0.171. The maximum atomic E-state index is 14.1. The van der Waals surface area contributed by atoms with E-state index in [2.05, 4.69) is 34.9 Å². The van der Waals surface area contributed by atoms with Crippen LogP contribution in [0.1, 0.15) is 11.4 Å². The number of fused-ring (bicyclic) bond motifs is 3. The largest absolute Gasteiger partial charge is 0.490 e. The first-order valence-electron chi connectivity index (χ1n) is 15.9. The van der Waals surface area contributed by atoms with Crippen molar-refractivity contribution in [1.29, 1.82) is 0 Å². The van der Waals surface area contributed by atoms with Crippen LogP contribution in [0.15, 0.2) is 108 Å². The second-order valence-corrected chi connectivity index (χ2v) is 12.4. The van der Waals surface area contributed by atoms with Gasteiger partial charge in [-0.25, -0.2) is 44.2 Å². The molecule has 0 radical (unpaired) electrons. The first kappa shape index (κ1) is 35.0. The molecule has 53 heavy (non-hydrogen) atoms. The van der Waals surface area contributed by atoms with Crippen LogP contribution in [0.4, 0.5) is 10.6 Å². The number of aromatic amines is 1. The third kappa shape index (κ3) is 7.62. The Balaban J connectivity index is 0.000000281. The molecular formula is C35H28ClN11O5S. The van der Waals surface area contributed by atoms with Crippen LogP contribution < -0.4 is 16.0 Å². The van der Waals surface area contributed by atoms with E-state index in [-0.39, 0.29) is 23.6 Å². The van der Waals surface area contributed by atoms with Crippen LogP contribution in [-0.2, 0) is 17.1 Å². The van der Waals surface area contributed by atoms with Crippen LogP contribution >= 0.6 is 23.4 Å². The monoisotopic (exact) mass is 749 g/mol. The molecule has 3 aromatic carbocycles. The molecule has 0 aliphatic rings. The highest BCUT2D eigenvalue weighted by Crippen LogP contribution is 2.29. The minimum atomic E-state index is -1.15. The average molecular weight is 750 g/mol. The average Bonchev–Trinajstić information content (AvgIpc) is 3.84. The van der Waals surface area contributed by atoms with Gasteiger partial charge in [-0.2, -0.15) is 0 Å². The first-order valence-corrected chi connectivity index (χ1v) is 17.2. The molecule has 0 bridgehead atoms. The molecule has 18 heteroatoms. The van der Waals surface area contributed by atoms with Crippen molar-refractivity contribution in [2.24, 2.45) is 0 Å². The van der Waals surface area contributed by atoms with E-state index in [1.807, 2.05) is 48.5 Å². The molecule has 266 valence electrons. The molecule has 0 saturated carbocycles. The van der Waals surface area contributed by atoms with Gasteiger partial charge in [0.25, 0.3) is 5.56 Å². The van der Waals surface area contributed by atoms with Crippen LogP contribution in [0.2, 0.25) is 5.02 Å². The fourth-order valence-corrected chi connectivity index (χ4v) is 6.39. The zero-order valence-electron chi connectivity index (χ0n) is 27.5. The number of rotatable bonds is 10. The third-order valence-corrected chi connectivity index (χ3v) is 9.02. The predicted octanol–water partition coefficient (Wildman–Crippen LogP) is 5.53. The van der Waals surface area contributed by atoms with Crippen LogP contribution in [0.3, 0.4) is 0 Å². The quantitative estimate of drug-likeness (QED) is 0.0891. The van der Waals surface area contributed by atoms with E-state index in [4.69, 9.17) is 36.9 Å². The Labute approximate surface area is 308 Å². The second kappa shape index (κ2) is 15.9. The highest BCUT2D eigenvalue weighted by molar-refractivity contribution is 7.98. The van der Waals surface area contributed by atoms with E-state index in [0.717, 1.165) is 22.0 Å². The maximum absolute atomic E-state index is 14.1. The molecule has 0 atom stereocenters. The Morgan fingerprint density at radius 3 is 2.57 bits per heavy atom. The number of imidazole rings is 2. The van der Waals surface area contributed by atoms with Crippen molar-refractivity contribution in [3.05, 3.63) is 125 Å². The van der Waals surface area contributed by atoms with Crippen molar-refractivity contribution in [3.63, 3.8) is 0 Å². The molecule has 0 aliphatic carbocycles. The number of benzene rings is 3.